The predicted molar refractivity (Wildman–Crippen MR) is 93.9 cm³/mol. The monoisotopic (exact) mass is 362 g/mol. The van der Waals surface area contributed by atoms with Crippen LogP contribution in [-0.2, 0) is 11.2 Å². The third-order valence-electron chi connectivity index (χ3n) is 4.69. The molecule has 0 amide bonds. The van der Waals surface area contributed by atoms with Gasteiger partial charge in [0.15, 0.2) is 6.17 Å². The molecule has 2 aromatic carbocycles. The van der Waals surface area contributed by atoms with Crippen LogP contribution in [-0.4, -0.2) is 53.5 Å². The van der Waals surface area contributed by atoms with Gasteiger partial charge in [0.05, 0.1) is 13.7 Å². The largest absolute Gasteiger partial charge is 0.497 e. The average molecular weight is 362 g/mol. The Labute approximate surface area is 151 Å². The van der Waals surface area contributed by atoms with E-state index in [1.807, 2.05) is 42.5 Å². The lowest BCUT2D eigenvalue weighted by Gasteiger charge is -2.39. The summed E-state index contributed by atoms with van der Waals surface area (Å²) in [7, 11) is 1.62. The van der Waals surface area contributed by atoms with Gasteiger partial charge < -0.3 is 24.8 Å². The lowest BCUT2D eigenvalue weighted by Crippen LogP contribution is -2.53. The number of aliphatic hydroxyl groups is 3. The van der Waals surface area contributed by atoms with Gasteiger partial charge in [-0.05, 0) is 35.2 Å². The molecule has 1 heterocycles. The van der Waals surface area contributed by atoms with Crippen molar-refractivity contribution in [2.75, 3.05) is 13.7 Å². The van der Waals surface area contributed by atoms with Crippen molar-refractivity contribution in [1.29, 1.82) is 0 Å². The molecule has 1 fully saturated rings. The molecule has 3 N–H and O–H groups in total. The van der Waals surface area contributed by atoms with Gasteiger partial charge in [0, 0.05) is 0 Å². The summed E-state index contributed by atoms with van der Waals surface area (Å²) in [4.78, 5) is 0. The van der Waals surface area contributed by atoms with Gasteiger partial charge in [0.25, 0.3) is 0 Å². The highest BCUT2D eigenvalue weighted by Gasteiger charge is 2.45. The fraction of sp³-hybridized carbons (Fsp3) is 0.400. The first-order chi connectivity index (χ1) is 12.5. The van der Waals surface area contributed by atoms with Crippen LogP contribution < -0.4 is 4.74 Å². The van der Waals surface area contributed by atoms with E-state index in [1.165, 1.54) is 0 Å². The molecule has 5 unspecified atom stereocenters. The van der Waals surface area contributed by atoms with E-state index in [2.05, 4.69) is 0 Å². The van der Waals surface area contributed by atoms with E-state index >= 15 is 0 Å². The standard InChI is InChI=1S/C20H23FO5/c1-25-15-7-5-12(6-8-15)9-13-3-2-4-14(10-13)20-19(24)18(23)17(21)16(11-22)26-20/h2-8,10,16-20,22-24H,9,11H2,1H3. The molecule has 1 aliphatic heterocycles. The minimum atomic E-state index is -1.83. The van der Waals surface area contributed by atoms with Crippen molar-refractivity contribution < 1.29 is 29.2 Å². The molecule has 0 aliphatic carbocycles. The fourth-order valence-electron chi connectivity index (χ4n) is 3.21. The fourth-order valence-corrected chi connectivity index (χ4v) is 3.21. The van der Waals surface area contributed by atoms with Crippen molar-refractivity contribution >= 4 is 0 Å². The van der Waals surface area contributed by atoms with E-state index < -0.39 is 37.2 Å². The van der Waals surface area contributed by atoms with Gasteiger partial charge in [-0.25, -0.2) is 4.39 Å². The normalized spacial score (nSPS) is 28.7. The summed E-state index contributed by atoms with van der Waals surface area (Å²) < 4.78 is 24.6. The van der Waals surface area contributed by atoms with Gasteiger partial charge in [-0.2, -0.15) is 0 Å². The molecular weight excluding hydrogens is 339 g/mol. The summed E-state index contributed by atoms with van der Waals surface area (Å²) in [5.74, 6) is 0.783. The molecule has 0 saturated carbocycles. The lowest BCUT2D eigenvalue weighted by atomic mass is 9.91. The van der Waals surface area contributed by atoms with Crippen LogP contribution in [0.1, 0.15) is 22.8 Å². The molecule has 3 rings (SSSR count). The molecule has 0 radical (unpaired) electrons. The van der Waals surface area contributed by atoms with E-state index in [0.29, 0.717) is 12.0 Å². The van der Waals surface area contributed by atoms with E-state index in [-0.39, 0.29) is 0 Å². The van der Waals surface area contributed by atoms with Crippen LogP contribution >= 0.6 is 0 Å². The minimum absolute atomic E-state index is 0.563. The molecule has 140 valence electrons. The Kier molecular flexibility index (Phi) is 5.88. The zero-order valence-electron chi connectivity index (χ0n) is 14.5. The summed E-state index contributed by atoms with van der Waals surface area (Å²) in [5.41, 5.74) is 2.71. The number of methoxy groups -OCH3 is 1. The Morgan fingerprint density at radius 1 is 1.04 bits per heavy atom. The molecular formula is C20H23FO5. The predicted octanol–water partition coefficient (Wildman–Crippen LogP) is 1.78. The van der Waals surface area contributed by atoms with Gasteiger partial charge in [-0.15, -0.1) is 0 Å². The van der Waals surface area contributed by atoms with Gasteiger partial charge in [0.2, 0.25) is 0 Å². The van der Waals surface area contributed by atoms with Crippen molar-refractivity contribution in [3.63, 3.8) is 0 Å². The quantitative estimate of drug-likeness (QED) is 0.756. The maximum absolute atomic E-state index is 13.9. The molecule has 5 atom stereocenters. The van der Waals surface area contributed by atoms with Gasteiger partial charge in [-0.1, -0.05) is 36.4 Å². The number of halogens is 1. The summed E-state index contributed by atoms with van der Waals surface area (Å²) in [6.45, 7) is -0.563. The smallest absolute Gasteiger partial charge is 0.157 e. The topological polar surface area (TPSA) is 79.2 Å². The molecule has 26 heavy (non-hydrogen) atoms. The Bertz CT molecular complexity index is 718. The first kappa shape index (κ1) is 18.8. The molecule has 6 heteroatoms. The number of hydrogen-bond acceptors (Lipinski definition) is 5. The summed E-state index contributed by atoms with van der Waals surface area (Å²) in [6, 6.07) is 15.1. The molecule has 0 bridgehead atoms. The van der Waals surface area contributed by atoms with Crippen LogP contribution in [0.2, 0.25) is 0 Å². The average Bonchev–Trinajstić information content (AvgIpc) is 2.67. The van der Waals surface area contributed by atoms with Gasteiger partial charge in [0.1, 0.15) is 30.2 Å². The zero-order valence-corrected chi connectivity index (χ0v) is 14.5. The maximum Gasteiger partial charge on any atom is 0.157 e. The van der Waals surface area contributed by atoms with Crippen LogP contribution in [0.25, 0.3) is 0 Å². The lowest BCUT2D eigenvalue weighted by molar-refractivity contribution is -0.214. The van der Waals surface area contributed by atoms with Crippen LogP contribution in [0.3, 0.4) is 0 Å². The highest BCUT2D eigenvalue weighted by atomic mass is 19.1. The van der Waals surface area contributed by atoms with Crippen molar-refractivity contribution in [2.24, 2.45) is 0 Å². The third-order valence-corrected chi connectivity index (χ3v) is 4.69. The van der Waals surface area contributed by atoms with Gasteiger partial charge in [-0.3, -0.25) is 0 Å². The van der Waals surface area contributed by atoms with E-state index in [4.69, 9.17) is 9.47 Å². The third kappa shape index (κ3) is 3.88. The highest BCUT2D eigenvalue weighted by Crippen LogP contribution is 2.34. The van der Waals surface area contributed by atoms with Crippen molar-refractivity contribution in [3.8, 4) is 5.75 Å². The Balaban J connectivity index is 1.79. The van der Waals surface area contributed by atoms with E-state index in [9.17, 15) is 19.7 Å². The van der Waals surface area contributed by atoms with Crippen LogP contribution in [0.5, 0.6) is 5.75 Å². The molecule has 0 aromatic heterocycles. The Morgan fingerprint density at radius 3 is 2.42 bits per heavy atom. The van der Waals surface area contributed by atoms with Crippen molar-refractivity contribution in [2.45, 2.75) is 37.0 Å². The van der Waals surface area contributed by atoms with E-state index in [0.717, 1.165) is 16.9 Å². The summed E-state index contributed by atoms with van der Waals surface area (Å²) in [6.07, 6.45) is -6.22. The number of alkyl halides is 1. The molecule has 1 saturated heterocycles. The number of rotatable bonds is 5. The summed E-state index contributed by atoms with van der Waals surface area (Å²) >= 11 is 0. The Hall–Kier alpha value is -1.99. The first-order valence-corrected chi connectivity index (χ1v) is 8.51. The number of benzene rings is 2. The SMILES string of the molecule is COc1ccc(Cc2cccc(C3OC(CO)C(F)C(O)C3O)c2)cc1. The van der Waals surface area contributed by atoms with Crippen LogP contribution in [0, 0.1) is 0 Å². The molecule has 5 nitrogen and oxygen atoms in total. The van der Waals surface area contributed by atoms with Crippen LogP contribution in [0.15, 0.2) is 48.5 Å². The second-order valence-electron chi connectivity index (χ2n) is 6.47. The molecule has 0 spiro atoms. The number of aliphatic hydroxyl groups excluding tert-OH is 3. The summed E-state index contributed by atoms with van der Waals surface area (Å²) in [5, 5.41) is 29.4. The Morgan fingerprint density at radius 2 is 1.77 bits per heavy atom. The van der Waals surface area contributed by atoms with Gasteiger partial charge >= 0.3 is 0 Å². The number of hydrogen-bond donors (Lipinski definition) is 3. The second-order valence-corrected chi connectivity index (χ2v) is 6.47. The van der Waals surface area contributed by atoms with E-state index in [1.54, 1.807) is 13.2 Å². The van der Waals surface area contributed by atoms with Crippen LogP contribution in [0.4, 0.5) is 4.39 Å². The zero-order chi connectivity index (χ0) is 18.7. The second kappa shape index (κ2) is 8.14. The highest BCUT2D eigenvalue weighted by molar-refractivity contribution is 5.34. The first-order valence-electron chi connectivity index (χ1n) is 8.51. The van der Waals surface area contributed by atoms with Crippen molar-refractivity contribution in [1.82, 2.24) is 0 Å². The molecule has 1 aliphatic rings. The molecule has 2 aromatic rings. The maximum atomic E-state index is 13.9. The minimum Gasteiger partial charge on any atom is -0.497 e. The number of ether oxygens (including phenoxy) is 2. The van der Waals surface area contributed by atoms with Crippen molar-refractivity contribution in [3.05, 3.63) is 65.2 Å².